The molecule has 0 aliphatic carbocycles. The monoisotopic (exact) mass is 270 g/mol. The van der Waals surface area contributed by atoms with Crippen molar-refractivity contribution < 1.29 is 9.13 Å². The van der Waals surface area contributed by atoms with E-state index < -0.39 is 0 Å². The Hall–Kier alpha value is -2.36. The van der Waals surface area contributed by atoms with Gasteiger partial charge in [-0.15, -0.1) is 0 Å². The third kappa shape index (κ3) is 2.13. The summed E-state index contributed by atoms with van der Waals surface area (Å²) in [5.74, 6) is 0.560. The summed E-state index contributed by atoms with van der Waals surface area (Å²) in [4.78, 5) is 7.80. The Morgan fingerprint density at radius 3 is 2.80 bits per heavy atom. The normalized spacial score (nSPS) is 10.9. The second-order valence-corrected chi connectivity index (χ2v) is 4.64. The number of ether oxygens (including phenoxy) is 1. The van der Waals surface area contributed by atoms with Gasteiger partial charge in [0.25, 0.3) is 0 Å². The Kier molecular flexibility index (Phi) is 3.14. The number of rotatable bonds is 3. The lowest BCUT2D eigenvalue weighted by atomic mass is 10.1. The Morgan fingerprint density at radius 2 is 2.05 bits per heavy atom. The number of hydrogen-bond acceptors (Lipinski definition) is 2. The lowest BCUT2D eigenvalue weighted by Crippen LogP contribution is -1.89. The SMILES string of the molecule is CCc1ccc2nc(-c3ccc(F)c(OC)c3)[nH]c2c1. The van der Waals surface area contributed by atoms with Crippen molar-refractivity contribution in [1.82, 2.24) is 9.97 Å². The first-order chi connectivity index (χ1) is 9.71. The van der Waals surface area contributed by atoms with Crippen LogP contribution in [0.2, 0.25) is 0 Å². The summed E-state index contributed by atoms with van der Waals surface area (Å²) < 4.78 is 18.4. The maximum absolute atomic E-state index is 13.4. The van der Waals surface area contributed by atoms with Crippen LogP contribution in [0.5, 0.6) is 5.75 Å². The number of halogens is 1. The number of fused-ring (bicyclic) bond motifs is 1. The predicted molar refractivity (Wildman–Crippen MR) is 77.4 cm³/mol. The van der Waals surface area contributed by atoms with E-state index >= 15 is 0 Å². The Balaban J connectivity index is 2.09. The maximum Gasteiger partial charge on any atom is 0.165 e. The summed E-state index contributed by atoms with van der Waals surface area (Å²) in [5, 5.41) is 0. The van der Waals surface area contributed by atoms with E-state index in [2.05, 4.69) is 29.0 Å². The molecule has 0 atom stereocenters. The minimum atomic E-state index is -0.374. The maximum atomic E-state index is 13.4. The molecule has 102 valence electrons. The number of nitrogens with one attached hydrogen (secondary N) is 1. The first kappa shape index (κ1) is 12.7. The minimum absolute atomic E-state index is 0.220. The summed E-state index contributed by atoms with van der Waals surface area (Å²) in [6.07, 6.45) is 0.981. The minimum Gasteiger partial charge on any atom is -0.494 e. The highest BCUT2D eigenvalue weighted by Crippen LogP contribution is 2.26. The Morgan fingerprint density at radius 1 is 1.20 bits per heavy atom. The van der Waals surface area contributed by atoms with E-state index in [-0.39, 0.29) is 11.6 Å². The summed E-state index contributed by atoms with van der Waals surface area (Å²) >= 11 is 0. The molecule has 0 saturated heterocycles. The summed E-state index contributed by atoms with van der Waals surface area (Å²) in [6.45, 7) is 2.11. The fraction of sp³-hybridized carbons (Fsp3) is 0.188. The molecule has 2 aromatic carbocycles. The molecule has 0 bridgehead atoms. The number of benzene rings is 2. The van der Waals surface area contributed by atoms with E-state index in [9.17, 15) is 4.39 Å². The molecule has 0 aliphatic rings. The number of aromatic nitrogens is 2. The molecule has 3 rings (SSSR count). The van der Waals surface area contributed by atoms with Crippen molar-refractivity contribution in [2.75, 3.05) is 7.11 Å². The number of nitrogens with zero attached hydrogens (tertiary/aromatic N) is 1. The van der Waals surface area contributed by atoms with E-state index in [0.29, 0.717) is 5.82 Å². The number of aromatic amines is 1. The van der Waals surface area contributed by atoms with Gasteiger partial charge in [0, 0.05) is 5.56 Å². The first-order valence-corrected chi connectivity index (χ1v) is 6.54. The molecule has 3 nitrogen and oxygen atoms in total. The zero-order valence-electron chi connectivity index (χ0n) is 11.4. The van der Waals surface area contributed by atoms with Crippen LogP contribution in [-0.4, -0.2) is 17.1 Å². The average Bonchev–Trinajstić information content (AvgIpc) is 2.90. The van der Waals surface area contributed by atoms with E-state index in [1.807, 2.05) is 6.07 Å². The molecule has 1 N–H and O–H groups in total. The standard InChI is InChI=1S/C16H15FN2O/c1-3-10-4-7-13-14(8-10)19-16(18-13)11-5-6-12(17)15(9-11)20-2/h4-9H,3H2,1-2H3,(H,18,19). The number of imidazole rings is 1. The van der Waals surface area contributed by atoms with Crippen LogP contribution in [0.15, 0.2) is 36.4 Å². The zero-order chi connectivity index (χ0) is 14.1. The summed E-state index contributed by atoms with van der Waals surface area (Å²) in [7, 11) is 1.45. The van der Waals surface area contributed by atoms with Gasteiger partial charge in [0.05, 0.1) is 18.1 Å². The van der Waals surface area contributed by atoms with Gasteiger partial charge < -0.3 is 9.72 Å². The van der Waals surface area contributed by atoms with Gasteiger partial charge in [-0.2, -0.15) is 0 Å². The van der Waals surface area contributed by atoms with Gasteiger partial charge >= 0.3 is 0 Å². The van der Waals surface area contributed by atoms with Crippen molar-refractivity contribution in [2.24, 2.45) is 0 Å². The molecule has 0 saturated carbocycles. The third-order valence-electron chi connectivity index (χ3n) is 3.38. The topological polar surface area (TPSA) is 37.9 Å². The largest absolute Gasteiger partial charge is 0.494 e. The van der Waals surface area contributed by atoms with Crippen molar-refractivity contribution in [3.05, 3.63) is 47.8 Å². The second-order valence-electron chi connectivity index (χ2n) is 4.64. The van der Waals surface area contributed by atoms with E-state index in [1.54, 1.807) is 12.1 Å². The molecule has 0 unspecified atom stereocenters. The van der Waals surface area contributed by atoms with Crippen molar-refractivity contribution in [1.29, 1.82) is 0 Å². The quantitative estimate of drug-likeness (QED) is 0.782. The highest BCUT2D eigenvalue weighted by atomic mass is 19.1. The van der Waals surface area contributed by atoms with Gasteiger partial charge in [0.1, 0.15) is 5.82 Å². The van der Waals surface area contributed by atoms with Crippen LogP contribution in [0.25, 0.3) is 22.4 Å². The van der Waals surface area contributed by atoms with Crippen LogP contribution in [0, 0.1) is 5.82 Å². The molecule has 1 aromatic heterocycles. The smallest absolute Gasteiger partial charge is 0.165 e. The van der Waals surface area contributed by atoms with E-state index in [4.69, 9.17) is 4.74 Å². The molecular formula is C16H15FN2O. The van der Waals surface area contributed by atoms with Crippen molar-refractivity contribution in [3.8, 4) is 17.1 Å². The molecule has 3 aromatic rings. The molecule has 1 heterocycles. The number of hydrogen-bond donors (Lipinski definition) is 1. The molecule has 0 radical (unpaired) electrons. The van der Waals surface area contributed by atoms with Crippen LogP contribution in [-0.2, 0) is 6.42 Å². The molecule has 4 heteroatoms. The molecule has 20 heavy (non-hydrogen) atoms. The summed E-state index contributed by atoms with van der Waals surface area (Å²) in [5.41, 5.74) is 3.95. The zero-order valence-corrected chi connectivity index (χ0v) is 11.4. The number of H-pyrrole nitrogens is 1. The second kappa shape index (κ2) is 4.96. The van der Waals surface area contributed by atoms with Gasteiger partial charge in [0.2, 0.25) is 0 Å². The highest BCUT2D eigenvalue weighted by Gasteiger charge is 2.09. The molecule has 0 spiro atoms. The lowest BCUT2D eigenvalue weighted by Gasteiger charge is -2.03. The number of methoxy groups -OCH3 is 1. The predicted octanol–water partition coefficient (Wildman–Crippen LogP) is 3.94. The fourth-order valence-corrected chi connectivity index (χ4v) is 2.22. The van der Waals surface area contributed by atoms with E-state index in [1.165, 1.54) is 18.7 Å². The summed E-state index contributed by atoms with van der Waals surface area (Å²) in [6, 6.07) is 10.9. The highest BCUT2D eigenvalue weighted by molar-refractivity contribution is 5.80. The van der Waals surface area contributed by atoms with Crippen LogP contribution in [0.3, 0.4) is 0 Å². The van der Waals surface area contributed by atoms with Gasteiger partial charge in [-0.25, -0.2) is 9.37 Å². The molecular weight excluding hydrogens is 255 g/mol. The number of aryl methyl sites for hydroxylation is 1. The Labute approximate surface area is 116 Å². The van der Waals surface area contributed by atoms with Gasteiger partial charge in [-0.1, -0.05) is 13.0 Å². The van der Waals surface area contributed by atoms with Crippen molar-refractivity contribution in [2.45, 2.75) is 13.3 Å². The van der Waals surface area contributed by atoms with Gasteiger partial charge in [0.15, 0.2) is 11.6 Å². The van der Waals surface area contributed by atoms with Crippen LogP contribution < -0.4 is 4.74 Å². The fourth-order valence-electron chi connectivity index (χ4n) is 2.22. The molecule has 0 amide bonds. The van der Waals surface area contributed by atoms with E-state index in [0.717, 1.165) is 23.0 Å². The third-order valence-corrected chi connectivity index (χ3v) is 3.38. The van der Waals surface area contributed by atoms with Crippen LogP contribution in [0.1, 0.15) is 12.5 Å². The molecule has 0 fully saturated rings. The van der Waals surface area contributed by atoms with Crippen molar-refractivity contribution in [3.63, 3.8) is 0 Å². The van der Waals surface area contributed by atoms with Crippen LogP contribution in [0.4, 0.5) is 4.39 Å². The first-order valence-electron chi connectivity index (χ1n) is 6.54. The molecule has 0 aliphatic heterocycles. The van der Waals surface area contributed by atoms with Gasteiger partial charge in [-0.05, 0) is 42.3 Å². The average molecular weight is 270 g/mol. The Bertz CT molecular complexity index is 764. The van der Waals surface area contributed by atoms with Gasteiger partial charge in [-0.3, -0.25) is 0 Å². The lowest BCUT2D eigenvalue weighted by molar-refractivity contribution is 0.387. The van der Waals surface area contributed by atoms with Crippen LogP contribution >= 0.6 is 0 Å². The van der Waals surface area contributed by atoms with Crippen molar-refractivity contribution >= 4 is 11.0 Å².